The molecule has 2 aromatic carbocycles. The van der Waals surface area contributed by atoms with E-state index < -0.39 is 16.1 Å². The average Bonchev–Trinajstić information content (AvgIpc) is 2.55. The van der Waals surface area contributed by atoms with E-state index in [0.717, 1.165) is 5.56 Å². The maximum Gasteiger partial charge on any atom is 0.265 e. The summed E-state index contributed by atoms with van der Waals surface area (Å²) in [5, 5.41) is 19.3. The highest BCUT2D eigenvalue weighted by Gasteiger charge is 2.33. The second-order valence-electron chi connectivity index (χ2n) is 5.55. The zero-order valence-electron chi connectivity index (χ0n) is 12.6. The monoisotopic (exact) mass is 328 g/mol. The third kappa shape index (κ3) is 2.58. The Hall–Kier alpha value is -2.36. The SMILES string of the molecule is Cc1ccc2c(c1)C(O)CCN2S(=O)(=O)c1ccccc1C#N. The van der Waals surface area contributed by atoms with Gasteiger partial charge in [-0.15, -0.1) is 0 Å². The zero-order valence-corrected chi connectivity index (χ0v) is 13.4. The summed E-state index contributed by atoms with van der Waals surface area (Å²) in [4.78, 5) is -0.00888. The lowest BCUT2D eigenvalue weighted by Crippen LogP contribution is -2.37. The van der Waals surface area contributed by atoms with Crippen LogP contribution >= 0.6 is 0 Å². The average molecular weight is 328 g/mol. The number of hydrogen-bond acceptors (Lipinski definition) is 4. The van der Waals surface area contributed by atoms with E-state index in [1.54, 1.807) is 24.3 Å². The van der Waals surface area contributed by atoms with Gasteiger partial charge in [0.05, 0.1) is 17.4 Å². The van der Waals surface area contributed by atoms with Crippen molar-refractivity contribution in [3.63, 3.8) is 0 Å². The van der Waals surface area contributed by atoms with Crippen LogP contribution in [0.5, 0.6) is 0 Å². The molecule has 1 aliphatic rings. The van der Waals surface area contributed by atoms with E-state index in [9.17, 15) is 18.8 Å². The van der Waals surface area contributed by atoms with Crippen LogP contribution < -0.4 is 4.31 Å². The topological polar surface area (TPSA) is 81.4 Å². The van der Waals surface area contributed by atoms with Gasteiger partial charge in [0.15, 0.2) is 0 Å². The Labute approximate surface area is 135 Å². The molecule has 1 atom stereocenters. The standard InChI is InChI=1S/C17H16N2O3S/c1-12-6-7-15-14(10-12)16(20)8-9-19(15)23(21,22)17-5-3-2-4-13(17)11-18/h2-7,10,16,20H,8-9H2,1H3. The molecule has 2 aromatic rings. The first-order chi connectivity index (χ1) is 10.9. The molecule has 0 amide bonds. The molecule has 1 unspecified atom stereocenters. The second kappa shape index (κ2) is 5.69. The van der Waals surface area contributed by atoms with Gasteiger partial charge in [-0.3, -0.25) is 4.31 Å². The number of nitrogens with zero attached hydrogens (tertiary/aromatic N) is 2. The van der Waals surface area contributed by atoms with Crippen LogP contribution in [0.2, 0.25) is 0 Å². The van der Waals surface area contributed by atoms with Crippen molar-refractivity contribution in [3.05, 3.63) is 59.2 Å². The number of rotatable bonds is 2. The van der Waals surface area contributed by atoms with Gasteiger partial charge in [-0.1, -0.05) is 29.8 Å². The van der Waals surface area contributed by atoms with Crippen LogP contribution in [-0.2, 0) is 10.0 Å². The van der Waals surface area contributed by atoms with Crippen molar-refractivity contribution in [3.8, 4) is 6.07 Å². The Morgan fingerprint density at radius 3 is 2.74 bits per heavy atom. The van der Waals surface area contributed by atoms with E-state index in [-0.39, 0.29) is 17.0 Å². The summed E-state index contributed by atoms with van der Waals surface area (Å²) >= 11 is 0. The Morgan fingerprint density at radius 1 is 1.26 bits per heavy atom. The summed E-state index contributed by atoms with van der Waals surface area (Å²) in [5.74, 6) is 0. The Bertz CT molecular complexity index is 900. The van der Waals surface area contributed by atoms with E-state index in [1.807, 2.05) is 19.1 Å². The number of nitriles is 1. The van der Waals surface area contributed by atoms with Gasteiger partial charge in [0.2, 0.25) is 0 Å². The number of benzene rings is 2. The van der Waals surface area contributed by atoms with Crippen LogP contribution in [0.1, 0.15) is 29.2 Å². The molecule has 6 heteroatoms. The van der Waals surface area contributed by atoms with Gasteiger partial charge in [0.25, 0.3) is 10.0 Å². The highest BCUT2D eigenvalue weighted by atomic mass is 32.2. The van der Waals surface area contributed by atoms with Crippen molar-refractivity contribution >= 4 is 15.7 Å². The third-order valence-electron chi connectivity index (χ3n) is 3.99. The summed E-state index contributed by atoms with van der Waals surface area (Å²) in [6, 6.07) is 13.4. The van der Waals surface area contributed by atoms with Gasteiger partial charge in [-0.25, -0.2) is 8.42 Å². The van der Waals surface area contributed by atoms with E-state index in [2.05, 4.69) is 0 Å². The summed E-state index contributed by atoms with van der Waals surface area (Å²) in [6.45, 7) is 2.07. The molecule has 1 heterocycles. The molecular formula is C17H16N2O3S. The quantitative estimate of drug-likeness (QED) is 0.918. The van der Waals surface area contributed by atoms with Crippen LogP contribution in [0.15, 0.2) is 47.4 Å². The molecule has 1 N–H and O–H groups in total. The third-order valence-corrected chi connectivity index (χ3v) is 5.86. The van der Waals surface area contributed by atoms with Crippen LogP contribution in [-0.4, -0.2) is 20.1 Å². The largest absolute Gasteiger partial charge is 0.388 e. The number of anilines is 1. The molecule has 23 heavy (non-hydrogen) atoms. The summed E-state index contributed by atoms with van der Waals surface area (Å²) in [7, 11) is -3.85. The fourth-order valence-corrected chi connectivity index (χ4v) is 4.49. The van der Waals surface area contributed by atoms with E-state index >= 15 is 0 Å². The summed E-state index contributed by atoms with van der Waals surface area (Å²) in [5.41, 5.74) is 2.16. The highest BCUT2D eigenvalue weighted by Crippen LogP contribution is 2.37. The highest BCUT2D eigenvalue weighted by molar-refractivity contribution is 7.92. The first kappa shape index (κ1) is 15.5. The lowest BCUT2D eigenvalue weighted by atomic mass is 9.99. The van der Waals surface area contributed by atoms with Gasteiger partial charge < -0.3 is 5.11 Å². The van der Waals surface area contributed by atoms with Crippen molar-refractivity contribution < 1.29 is 13.5 Å². The fourth-order valence-electron chi connectivity index (χ4n) is 2.84. The first-order valence-corrected chi connectivity index (χ1v) is 8.69. The van der Waals surface area contributed by atoms with Crippen LogP contribution in [0, 0.1) is 18.3 Å². The van der Waals surface area contributed by atoms with Gasteiger partial charge in [0, 0.05) is 12.1 Å². The normalized spacial score (nSPS) is 17.4. The molecule has 0 bridgehead atoms. The molecule has 0 fully saturated rings. The van der Waals surface area contributed by atoms with Crippen LogP contribution in [0.4, 0.5) is 5.69 Å². The molecule has 3 rings (SSSR count). The zero-order chi connectivity index (χ0) is 16.6. The lowest BCUT2D eigenvalue weighted by Gasteiger charge is -2.33. The van der Waals surface area contributed by atoms with Crippen LogP contribution in [0.25, 0.3) is 0 Å². The summed E-state index contributed by atoms with van der Waals surface area (Å²) < 4.78 is 27.3. The number of aliphatic hydroxyl groups excluding tert-OH is 1. The van der Waals surface area contributed by atoms with Gasteiger partial charge in [-0.05, 0) is 31.5 Å². The van der Waals surface area contributed by atoms with Crippen molar-refractivity contribution in [2.75, 3.05) is 10.8 Å². The molecule has 5 nitrogen and oxygen atoms in total. The smallest absolute Gasteiger partial charge is 0.265 e. The minimum Gasteiger partial charge on any atom is -0.388 e. The Balaban J connectivity index is 2.16. The molecule has 0 radical (unpaired) electrons. The minimum atomic E-state index is -3.85. The minimum absolute atomic E-state index is 0.00888. The molecule has 0 aromatic heterocycles. The first-order valence-electron chi connectivity index (χ1n) is 7.25. The van der Waals surface area contributed by atoms with Crippen molar-refractivity contribution in [1.29, 1.82) is 5.26 Å². The number of aryl methyl sites for hydroxylation is 1. The summed E-state index contributed by atoms with van der Waals surface area (Å²) in [6.07, 6.45) is -0.354. The number of fused-ring (bicyclic) bond motifs is 1. The maximum absolute atomic E-state index is 13.0. The number of aliphatic hydroxyl groups is 1. The molecule has 0 spiro atoms. The molecule has 0 saturated carbocycles. The van der Waals surface area contributed by atoms with E-state index in [4.69, 9.17) is 0 Å². The van der Waals surface area contributed by atoms with Gasteiger partial charge in [-0.2, -0.15) is 5.26 Å². The second-order valence-corrected chi connectivity index (χ2v) is 7.38. The number of hydrogen-bond donors (Lipinski definition) is 1. The van der Waals surface area contributed by atoms with Crippen molar-refractivity contribution in [2.45, 2.75) is 24.3 Å². The van der Waals surface area contributed by atoms with Crippen molar-refractivity contribution in [1.82, 2.24) is 0 Å². The van der Waals surface area contributed by atoms with Crippen LogP contribution in [0.3, 0.4) is 0 Å². The molecule has 118 valence electrons. The van der Waals surface area contributed by atoms with E-state index in [1.165, 1.54) is 16.4 Å². The fraction of sp³-hybridized carbons (Fsp3) is 0.235. The van der Waals surface area contributed by atoms with Gasteiger partial charge in [0.1, 0.15) is 11.0 Å². The molecule has 1 aliphatic heterocycles. The molecular weight excluding hydrogens is 312 g/mol. The predicted octanol–water partition coefficient (Wildman–Crippen LogP) is 2.50. The maximum atomic E-state index is 13.0. The van der Waals surface area contributed by atoms with Crippen molar-refractivity contribution in [2.24, 2.45) is 0 Å². The molecule has 0 aliphatic carbocycles. The Kier molecular flexibility index (Phi) is 3.84. The lowest BCUT2D eigenvalue weighted by molar-refractivity contribution is 0.166. The Morgan fingerprint density at radius 2 is 2.00 bits per heavy atom. The number of sulfonamides is 1. The predicted molar refractivity (Wildman–Crippen MR) is 86.4 cm³/mol. The molecule has 0 saturated heterocycles. The van der Waals surface area contributed by atoms with Gasteiger partial charge >= 0.3 is 0 Å². The van der Waals surface area contributed by atoms with E-state index in [0.29, 0.717) is 17.7 Å².